The van der Waals surface area contributed by atoms with Crippen molar-refractivity contribution in [3.63, 3.8) is 0 Å². The number of halogens is 2. The van der Waals surface area contributed by atoms with Crippen molar-refractivity contribution in [1.82, 2.24) is 10.3 Å². The predicted octanol–water partition coefficient (Wildman–Crippen LogP) is 4.15. The van der Waals surface area contributed by atoms with E-state index < -0.39 is 0 Å². The van der Waals surface area contributed by atoms with Gasteiger partial charge in [0.15, 0.2) is 0 Å². The maximum absolute atomic E-state index is 13.5. The molecule has 0 radical (unpaired) electrons. The number of benzene rings is 2. The Bertz CT molecular complexity index is 825. The molecule has 2 aromatic carbocycles. The lowest BCUT2D eigenvalue weighted by molar-refractivity contribution is 0.560. The van der Waals surface area contributed by atoms with E-state index in [1.165, 1.54) is 26.5 Å². The number of aromatic amines is 1. The number of hydrogen-bond donors (Lipinski definition) is 2. The second-order valence-corrected chi connectivity index (χ2v) is 6.64. The molecular weight excluding hydrogens is 378 g/mol. The zero-order valence-electron chi connectivity index (χ0n) is 11.3. The Hall–Kier alpha value is -1.40. The molecule has 1 aliphatic rings. The van der Waals surface area contributed by atoms with Crippen LogP contribution in [-0.4, -0.2) is 11.5 Å². The lowest BCUT2D eigenvalue weighted by atomic mass is 9.94. The van der Waals surface area contributed by atoms with E-state index in [2.05, 4.69) is 57.2 Å². The van der Waals surface area contributed by atoms with Crippen LogP contribution in [0.25, 0.3) is 10.9 Å². The van der Waals surface area contributed by atoms with Crippen molar-refractivity contribution in [2.24, 2.45) is 0 Å². The summed E-state index contributed by atoms with van der Waals surface area (Å²) in [6, 6.07) is 13.6. The summed E-state index contributed by atoms with van der Waals surface area (Å²) in [5.41, 5.74) is 4.67. The number of H-pyrrole nitrogens is 1. The SMILES string of the molecule is Fc1ccc2[nH]c3c(c2c1)CCNC3c1cccc(I)c1. The summed E-state index contributed by atoms with van der Waals surface area (Å²) in [5, 5.41) is 4.58. The fourth-order valence-electron chi connectivity index (χ4n) is 3.17. The van der Waals surface area contributed by atoms with Gasteiger partial charge in [-0.1, -0.05) is 12.1 Å². The molecule has 2 nitrogen and oxygen atoms in total. The highest BCUT2D eigenvalue weighted by molar-refractivity contribution is 14.1. The monoisotopic (exact) mass is 392 g/mol. The van der Waals surface area contributed by atoms with Crippen molar-refractivity contribution >= 4 is 33.5 Å². The summed E-state index contributed by atoms with van der Waals surface area (Å²) in [5.74, 6) is -0.173. The topological polar surface area (TPSA) is 27.8 Å². The second-order valence-electron chi connectivity index (χ2n) is 5.40. The van der Waals surface area contributed by atoms with Crippen LogP contribution >= 0.6 is 22.6 Å². The molecule has 0 saturated heterocycles. The first-order valence-electron chi connectivity index (χ1n) is 7.01. The van der Waals surface area contributed by atoms with Crippen LogP contribution in [-0.2, 0) is 6.42 Å². The molecule has 1 aromatic heterocycles. The third-order valence-corrected chi connectivity index (χ3v) is 4.77. The minimum Gasteiger partial charge on any atom is -0.357 e. The molecule has 0 spiro atoms. The summed E-state index contributed by atoms with van der Waals surface area (Å²) < 4.78 is 14.8. The Kier molecular flexibility index (Phi) is 3.23. The number of hydrogen-bond acceptors (Lipinski definition) is 1. The third kappa shape index (κ3) is 2.26. The van der Waals surface area contributed by atoms with E-state index in [1.54, 1.807) is 6.07 Å². The molecule has 0 amide bonds. The average molecular weight is 392 g/mol. The van der Waals surface area contributed by atoms with Crippen molar-refractivity contribution in [2.45, 2.75) is 12.5 Å². The molecule has 1 unspecified atom stereocenters. The van der Waals surface area contributed by atoms with Crippen LogP contribution in [0.4, 0.5) is 4.39 Å². The van der Waals surface area contributed by atoms with E-state index in [1.807, 2.05) is 6.07 Å². The lowest BCUT2D eigenvalue weighted by Gasteiger charge is -2.25. The van der Waals surface area contributed by atoms with E-state index in [9.17, 15) is 4.39 Å². The van der Waals surface area contributed by atoms with Crippen molar-refractivity contribution in [3.8, 4) is 0 Å². The van der Waals surface area contributed by atoms with Gasteiger partial charge in [-0.2, -0.15) is 0 Å². The molecule has 0 saturated carbocycles. The van der Waals surface area contributed by atoms with Gasteiger partial charge < -0.3 is 10.3 Å². The highest BCUT2D eigenvalue weighted by Crippen LogP contribution is 2.34. The van der Waals surface area contributed by atoms with Crippen LogP contribution in [0, 0.1) is 9.39 Å². The quantitative estimate of drug-likeness (QED) is 0.599. The first kappa shape index (κ1) is 13.3. The molecule has 2 N–H and O–H groups in total. The van der Waals surface area contributed by atoms with Crippen LogP contribution in [0.5, 0.6) is 0 Å². The van der Waals surface area contributed by atoms with Gasteiger partial charge in [0.1, 0.15) is 5.82 Å². The van der Waals surface area contributed by atoms with E-state index in [-0.39, 0.29) is 11.9 Å². The Balaban J connectivity index is 1.90. The first-order chi connectivity index (χ1) is 10.2. The molecule has 21 heavy (non-hydrogen) atoms. The van der Waals surface area contributed by atoms with Crippen molar-refractivity contribution < 1.29 is 4.39 Å². The van der Waals surface area contributed by atoms with Gasteiger partial charge in [-0.25, -0.2) is 4.39 Å². The lowest BCUT2D eigenvalue weighted by Crippen LogP contribution is -2.30. The Morgan fingerprint density at radius 2 is 2.05 bits per heavy atom. The number of rotatable bonds is 1. The molecule has 0 fully saturated rings. The van der Waals surface area contributed by atoms with Gasteiger partial charge in [0.2, 0.25) is 0 Å². The largest absolute Gasteiger partial charge is 0.357 e. The summed E-state index contributed by atoms with van der Waals surface area (Å²) in [6.45, 7) is 0.909. The highest BCUT2D eigenvalue weighted by atomic mass is 127. The van der Waals surface area contributed by atoms with Gasteiger partial charge in [-0.3, -0.25) is 0 Å². The standard InChI is InChI=1S/C17H14FIN2/c18-11-4-5-15-14(9-11)13-6-7-20-16(17(13)21-15)10-2-1-3-12(19)8-10/h1-5,8-9,16,20-21H,6-7H2. The smallest absolute Gasteiger partial charge is 0.123 e. The third-order valence-electron chi connectivity index (χ3n) is 4.10. The normalized spacial score (nSPS) is 17.9. The average Bonchev–Trinajstić information content (AvgIpc) is 2.85. The Morgan fingerprint density at radius 3 is 2.90 bits per heavy atom. The molecule has 0 bridgehead atoms. The zero-order valence-corrected chi connectivity index (χ0v) is 13.4. The fraction of sp³-hybridized carbons (Fsp3) is 0.176. The molecule has 4 heteroatoms. The molecule has 0 aliphatic carbocycles. The van der Waals surface area contributed by atoms with Crippen LogP contribution in [0.2, 0.25) is 0 Å². The summed E-state index contributed by atoms with van der Waals surface area (Å²) in [7, 11) is 0. The van der Waals surface area contributed by atoms with Crippen LogP contribution in [0.15, 0.2) is 42.5 Å². The van der Waals surface area contributed by atoms with E-state index in [0.29, 0.717) is 0 Å². The predicted molar refractivity (Wildman–Crippen MR) is 91.0 cm³/mol. The van der Waals surface area contributed by atoms with E-state index >= 15 is 0 Å². The van der Waals surface area contributed by atoms with Crippen LogP contribution in [0.1, 0.15) is 22.9 Å². The molecule has 1 aliphatic heterocycles. The zero-order chi connectivity index (χ0) is 14.4. The molecule has 1 atom stereocenters. The van der Waals surface area contributed by atoms with Gasteiger partial charge >= 0.3 is 0 Å². The summed E-state index contributed by atoms with van der Waals surface area (Å²) in [4.78, 5) is 3.48. The minimum absolute atomic E-state index is 0.152. The second kappa shape index (κ2) is 5.10. The van der Waals surface area contributed by atoms with Gasteiger partial charge in [0, 0.05) is 26.7 Å². The molecule has 2 heterocycles. The number of fused-ring (bicyclic) bond motifs is 3. The van der Waals surface area contributed by atoms with Gasteiger partial charge in [0.25, 0.3) is 0 Å². The summed E-state index contributed by atoms with van der Waals surface area (Å²) >= 11 is 2.33. The van der Waals surface area contributed by atoms with Crippen LogP contribution < -0.4 is 5.32 Å². The molecular formula is C17H14FIN2. The Morgan fingerprint density at radius 1 is 1.14 bits per heavy atom. The molecule has 3 aromatic rings. The van der Waals surface area contributed by atoms with Crippen molar-refractivity contribution in [3.05, 3.63) is 68.7 Å². The maximum Gasteiger partial charge on any atom is 0.123 e. The number of aromatic nitrogens is 1. The van der Waals surface area contributed by atoms with Crippen molar-refractivity contribution in [1.29, 1.82) is 0 Å². The molecule has 4 rings (SSSR count). The summed E-state index contributed by atoms with van der Waals surface area (Å²) in [6.07, 6.45) is 0.930. The Labute approximate surface area is 135 Å². The first-order valence-corrected chi connectivity index (χ1v) is 8.09. The van der Waals surface area contributed by atoms with Gasteiger partial charge in [-0.15, -0.1) is 0 Å². The van der Waals surface area contributed by atoms with E-state index in [0.717, 1.165) is 23.9 Å². The minimum atomic E-state index is -0.173. The maximum atomic E-state index is 13.5. The fourth-order valence-corrected chi connectivity index (χ4v) is 3.74. The number of nitrogens with one attached hydrogen (secondary N) is 2. The van der Waals surface area contributed by atoms with Gasteiger partial charge in [-0.05, 0) is 70.5 Å². The van der Waals surface area contributed by atoms with E-state index in [4.69, 9.17) is 0 Å². The van der Waals surface area contributed by atoms with Gasteiger partial charge in [0.05, 0.1) is 6.04 Å². The van der Waals surface area contributed by atoms with Crippen LogP contribution in [0.3, 0.4) is 0 Å². The van der Waals surface area contributed by atoms with Crippen molar-refractivity contribution in [2.75, 3.05) is 6.54 Å². The highest BCUT2D eigenvalue weighted by Gasteiger charge is 2.25. The molecule has 106 valence electrons.